The van der Waals surface area contributed by atoms with Crippen LogP contribution in [0, 0.1) is 0 Å². The second-order valence-corrected chi connectivity index (χ2v) is 5.23. The fraction of sp³-hybridized carbons (Fsp3) is 0.235. The van der Waals surface area contributed by atoms with Crippen molar-refractivity contribution >= 4 is 10.9 Å². The van der Waals surface area contributed by atoms with Crippen LogP contribution in [-0.2, 0) is 6.54 Å². The summed E-state index contributed by atoms with van der Waals surface area (Å²) in [4.78, 5) is 9.82. The van der Waals surface area contributed by atoms with E-state index in [0.717, 1.165) is 6.54 Å². The van der Waals surface area contributed by atoms with Crippen LogP contribution < -0.4 is 0 Å². The zero-order valence-corrected chi connectivity index (χ0v) is 11.9. The van der Waals surface area contributed by atoms with Crippen molar-refractivity contribution in [1.82, 2.24) is 14.9 Å². The van der Waals surface area contributed by atoms with E-state index < -0.39 is 0 Å². The van der Waals surface area contributed by atoms with Crippen LogP contribution in [0.1, 0.15) is 24.1 Å². The van der Waals surface area contributed by atoms with Crippen molar-refractivity contribution in [3.8, 4) is 0 Å². The second-order valence-electron chi connectivity index (χ2n) is 5.23. The summed E-state index contributed by atoms with van der Waals surface area (Å²) >= 11 is 0. The molecule has 0 spiro atoms. The van der Waals surface area contributed by atoms with E-state index in [1.54, 1.807) is 0 Å². The molecule has 0 aliphatic rings. The lowest BCUT2D eigenvalue weighted by atomic mass is 10.1. The molecule has 0 unspecified atom stereocenters. The highest BCUT2D eigenvalue weighted by Crippen LogP contribution is 2.23. The molecule has 0 bridgehead atoms. The Morgan fingerprint density at radius 1 is 1.20 bits per heavy atom. The van der Waals surface area contributed by atoms with Crippen LogP contribution in [0.15, 0.2) is 55.0 Å². The molecule has 1 aromatic carbocycles. The molecule has 0 saturated carbocycles. The number of H-pyrrole nitrogens is 1. The molecule has 0 aliphatic heterocycles. The lowest BCUT2D eigenvalue weighted by Crippen LogP contribution is -2.22. The highest BCUT2D eigenvalue weighted by atomic mass is 15.1. The van der Waals surface area contributed by atoms with E-state index in [1.165, 1.54) is 22.0 Å². The van der Waals surface area contributed by atoms with Crippen LogP contribution in [0.5, 0.6) is 0 Å². The number of aromatic nitrogens is 2. The maximum absolute atomic E-state index is 4.21. The topological polar surface area (TPSA) is 31.9 Å². The van der Waals surface area contributed by atoms with Crippen LogP contribution >= 0.6 is 0 Å². The molecule has 2 aromatic heterocycles. The first-order valence-electron chi connectivity index (χ1n) is 6.91. The van der Waals surface area contributed by atoms with Gasteiger partial charge in [0.1, 0.15) is 0 Å². The van der Waals surface area contributed by atoms with Crippen molar-refractivity contribution in [2.24, 2.45) is 0 Å². The predicted molar refractivity (Wildman–Crippen MR) is 82.4 cm³/mol. The minimum atomic E-state index is 0.345. The first-order chi connectivity index (χ1) is 9.75. The summed E-state index contributed by atoms with van der Waals surface area (Å²) in [5.41, 5.74) is 3.79. The third kappa shape index (κ3) is 2.45. The Kier molecular flexibility index (Phi) is 3.52. The molecule has 20 heavy (non-hydrogen) atoms. The maximum Gasteiger partial charge on any atom is 0.0457 e. The van der Waals surface area contributed by atoms with Crippen molar-refractivity contribution in [3.05, 3.63) is 66.1 Å². The third-order valence-electron chi connectivity index (χ3n) is 3.93. The van der Waals surface area contributed by atoms with Crippen molar-refractivity contribution in [1.29, 1.82) is 0 Å². The van der Waals surface area contributed by atoms with Gasteiger partial charge in [-0.3, -0.25) is 9.88 Å². The average Bonchev–Trinajstić information content (AvgIpc) is 2.97. The van der Waals surface area contributed by atoms with Crippen molar-refractivity contribution in [2.75, 3.05) is 7.05 Å². The lowest BCUT2D eigenvalue weighted by molar-refractivity contribution is 0.253. The Morgan fingerprint density at radius 2 is 2.10 bits per heavy atom. The molecule has 0 amide bonds. The fourth-order valence-corrected chi connectivity index (χ4v) is 2.57. The van der Waals surface area contributed by atoms with Gasteiger partial charge >= 0.3 is 0 Å². The van der Waals surface area contributed by atoms with Gasteiger partial charge in [-0.1, -0.05) is 18.2 Å². The van der Waals surface area contributed by atoms with Gasteiger partial charge in [0.2, 0.25) is 0 Å². The van der Waals surface area contributed by atoms with Gasteiger partial charge in [-0.15, -0.1) is 0 Å². The number of hydrogen-bond acceptors (Lipinski definition) is 2. The van der Waals surface area contributed by atoms with E-state index in [2.05, 4.69) is 59.2 Å². The summed E-state index contributed by atoms with van der Waals surface area (Å²) in [5.74, 6) is 0. The standard InChI is InChI=1S/C17H19N3/c1-13(14-6-4-9-18-11-14)20(2)12-15-5-3-7-17-16(15)8-10-19-17/h3-11,13,19H,12H2,1-2H3/t13-/m1/s1. The Bertz CT molecular complexity index is 688. The van der Waals surface area contributed by atoms with Gasteiger partial charge in [0.15, 0.2) is 0 Å². The Hall–Kier alpha value is -2.13. The predicted octanol–water partition coefficient (Wildman–Crippen LogP) is 3.76. The first kappa shape index (κ1) is 12.9. The number of benzene rings is 1. The van der Waals surface area contributed by atoms with Crippen molar-refractivity contribution in [3.63, 3.8) is 0 Å². The van der Waals surface area contributed by atoms with Gasteiger partial charge in [0.05, 0.1) is 0 Å². The van der Waals surface area contributed by atoms with E-state index >= 15 is 0 Å². The summed E-state index contributed by atoms with van der Waals surface area (Å²) in [7, 11) is 2.16. The average molecular weight is 265 g/mol. The normalized spacial score (nSPS) is 12.9. The molecule has 2 heterocycles. The summed E-state index contributed by atoms with van der Waals surface area (Å²) in [6.45, 7) is 3.14. The molecule has 1 N–H and O–H groups in total. The van der Waals surface area contributed by atoms with Crippen molar-refractivity contribution < 1.29 is 0 Å². The maximum atomic E-state index is 4.21. The molecule has 3 rings (SSSR count). The molecule has 0 fully saturated rings. The molecular formula is C17H19N3. The number of rotatable bonds is 4. The van der Waals surface area contributed by atoms with E-state index in [4.69, 9.17) is 0 Å². The zero-order chi connectivity index (χ0) is 13.9. The minimum Gasteiger partial charge on any atom is -0.361 e. The summed E-state index contributed by atoms with van der Waals surface area (Å²) in [6.07, 6.45) is 5.76. The van der Waals surface area contributed by atoms with Crippen LogP contribution in [-0.4, -0.2) is 21.9 Å². The van der Waals surface area contributed by atoms with E-state index in [1.807, 2.05) is 24.7 Å². The number of aromatic amines is 1. The Labute approximate surface area is 119 Å². The molecule has 1 atom stereocenters. The van der Waals surface area contributed by atoms with Crippen LogP contribution in [0.3, 0.4) is 0 Å². The van der Waals surface area contributed by atoms with Gasteiger partial charge in [0, 0.05) is 42.1 Å². The molecule has 3 aromatic rings. The van der Waals surface area contributed by atoms with Crippen LogP contribution in [0.2, 0.25) is 0 Å². The second kappa shape index (κ2) is 5.47. The molecule has 0 radical (unpaired) electrons. The van der Waals surface area contributed by atoms with Gasteiger partial charge in [-0.05, 0) is 43.3 Å². The smallest absolute Gasteiger partial charge is 0.0457 e. The van der Waals surface area contributed by atoms with E-state index in [9.17, 15) is 0 Å². The quantitative estimate of drug-likeness (QED) is 0.779. The van der Waals surface area contributed by atoms with E-state index in [-0.39, 0.29) is 0 Å². The van der Waals surface area contributed by atoms with Crippen LogP contribution in [0.25, 0.3) is 10.9 Å². The van der Waals surface area contributed by atoms with Crippen molar-refractivity contribution in [2.45, 2.75) is 19.5 Å². The summed E-state index contributed by atoms with van der Waals surface area (Å²) in [6, 6.07) is 13.0. The summed E-state index contributed by atoms with van der Waals surface area (Å²) < 4.78 is 0. The number of hydrogen-bond donors (Lipinski definition) is 1. The first-order valence-corrected chi connectivity index (χ1v) is 6.91. The van der Waals surface area contributed by atoms with Crippen LogP contribution in [0.4, 0.5) is 0 Å². The fourth-order valence-electron chi connectivity index (χ4n) is 2.57. The SMILES string of the molecule is C[C@H](c1cccnc1)N(C)Cc1cccc2[nH]ccc12. The van der Waals surface area contributed by atoms with E-state index in [0.29, 0.717) is 6.04 Å². The van der Waals surface area contributed by atoms with Gasteiger partial charge in [0.25, 0.3) is 0 Å². The van der Waals surface area contributed by atoms with Gasteiger partial charge in [-0.25, -0.2) is 0 Å². The largest absolute Gasteiger partial charge is 0.361 e. The monoisotopic (exact) mass is 265 g/mol. The number of nitrogens with zero attached hydrogens (tertiary/aromatic N) is 2. The number of pyridine rings is 1. The highest BCUT2D eigenvalue weighted by Gasteiger charge is 2.13. The molecular weight excluding hydrogens is 246 g/mol. The minimum absolute atomic E-state index is 0.345. The number of nitrogens with one attached hydrogen (secondary N) is 1. The Morgan fingerprint density at radius 3 is 2.90 bits per heavy atom. The Balaban J connectivity index is 1.82. The molecule has 3 nitrogen and oxygen atoms in total. The van der Waals surface area contributed by atoms with Gasteiger partial charge in [-0.2, -0.15) is 0 Å². The summed E-state index contributed by atoms with van der Waals surface area (Å²) in [5, 5.41) is 1.30. The number of fused-ring (bicyclic) bond motifs is 1. The molecule has 3 heteroatoms. The molecule has 102 valence electrons. The van der Waals surface area contributed by atoms with Gasteiger partial charge < -0.3 is 4.98 Å². The zero-order valence-electron chi connectivity index (χ0n) is 11.9. The highest BCUT2D eigenvalue weighted by molar-refractivity contribution is 5.82. The molecule has 0 aliphatic carbocycles. The third-order valence-corrected chi connectivity index (χ3v) is 3.93. The lowest BCUT2D eigenvalue weighted by Gasteiger charge is -2.25. The molecule has 0 saturated heterocycles.